The van der Waals surface area contributed by atoms with Gasteiger partial charge >= 0.3 is 10.2 Å². The molecule has 1 N–H and O–H groups in total. The molecule has 1 aliphatic heterocycles. The van der Waals surface area contributed by atoms with E-state index in [1.54, 1.807) is 19.2 Å². The minimum atomic E-state index is -3.66. The first kappa shape index (κ1) is 14.6. The van der Waals surface area contributed by atoms with Gasteiger partial charge in [0, 0.05) is 6.54 Å². The summed E-state index contributed by atoms with van der Waals surface area (Å²) >= 11 is 0. The number of methoxy groups -OCH3 is 2. The van der Waals surface area contributed by atoms with Gasteiger partial charge in [-0.15, -0.1) is 0 Å². The zero-order valence-electron chi connectivity index (χ0n) is 11.3. The van der Waals surface area contributed by atoms with Gasteiger partial charge in [0.25, 0.3) is 0 Å². The van der Waals surface area contributed by atoms with E-state index in [4.69, 9.17) is 9.47 Å². The SMILES string of the molecule is COc1ccc(CCN2CC(=O)NS2(=O)=O)cc1OC. The molecule has 1 aromatic rings. The highest BCUT2D eigenvalue weighted by molar-refractivity contribution is 7.88. The molecule has 110 valence electrons. The minimum absolute atomic E-state index is 0.129. The molecule has 8 heteroatoms. The third-order valence-electron chi connectivity index (χ3n) is 3.00. The number of ether oxygens (including phenoxy) is 2. The van der Waals surface area contributed by atoms with Crippen LogP contribution in [0.2, 0.25) is 0 Å². The fraction of sp³-hybridized carbons (Fsp3) is 0.417. The van der Waals surface area contributed by atoms with Gasteiger partial charge in [-0.05, 0) is 24.1 Å². The van der Waals surface area contributed by atoms with Crippen LogP contribution in [0.3, 0.4) is 0 Å². The predicted molar refractivity (Wildman–Crippen MR) is 71.9 cm³/mol. The Morgan fingerprint density at radius 2 is 1.95 bits per heavy atom. The van der Waals surface area contributed by atoms with Crippen molar-refractivity contribution in [1.82, 2.24) is 9.03 Å². The molecule has 1 heterocycles. The summed E-state index contributed by atoms with van der Waals surface area (Å²) in [5, 5.41) is 0. The number of hydrogen-bond acceptors (Lipinski definition) is 5. The third kappa shape index (κ3) is 3.02. The molecule has 0 atom stereocenters. The molecule has 0 saturated carbocycles. The van der Waals surface area contributed by atoms with Crippen LogP contribution < -0.4 is 14.2 Å². The minimum Gasteiger partial charge on any atom is -0.493 e. The number of hydrogen-bond donors (Lipinski definition) is 1. The highest BCUT2D eigenvalue weighted by Gasteiger charge is 2.33. The molecular weight excluding hydrogens is 284 g/mol. The first-order chi connectivity index (χ1) is 9.46. The molecule has 0 radical (unpaired) electrons. The fourth-order valence-corrected chi connectivity index (χ4v) is 3.08. The van der Waals surface area contributed by atoms with Gasteiger partial charge in [0.15, 0.2) is 11.5 Å². The highest BCUT2D eigenvalue weighted by Crippen LogP contribution is 2.27. The first-order valence-corrected chi connectivity index (χ1v) is 7.42. The Morgan fingerprint density at radius 3 is 2.50 bits per heavy atom. The van der Waals surface area contributed by atoms with Crippen LogP contribution in [0.1, 0.15) is 5.56 Å². The van der Waals surface area contributed by atoms with Crippen LogP contribution in [0.15, 0.2) is 18.2 Å². The molecule has 1 saturated heterocycles. The van der Waals surface area contributed by atoms with Crippen molar-refractivity contribution in [1.29, 1.82) is 0 Å². The molecule has 20 heavy (non-hydrogen) atoms. The summed E-state index contributed by atoms with van der Waals surface area (Å²) in [5.41, 5.74) is 0.900. The largest absolute Gasteiger partial charge is 0.493 e. The molecule has 1 aliphatic rings. The van der Waals surface area contributed by atoms with E-state index in [1.165, 1.54) is 7.11 Å². The van der Waals surface area contributed by atoms with Crippen molar-refractivity contribution in [3.05, 3.63) is 23.8 Å². The Morgan fingerprint density at radius 1 is 1.25 bits per heavy atom. The number of amides is 1. The van der Waals surface area contributed by atoms with Gasteiger partial charge in [0.05, 0.1) is 20.8 Å². The van der Waals surface area contributed by atoms with E-state index >= 15 is 0 Å². The lowest BCUT2D eigenvalue weighted by atomic mass is 10.1. The van der Waals surface area contributed by atoms with E-state index in [1.807, 2.05) is 10.8 Å². The monoisotopic (exact) mass is 300 g/mol. The second-order valence-corrected chi connectivity index (χ2v) is 5.97. The zero-order chi connectivity index (χ0) is 14.8. The van der Waals surface area contributed by atoms with E-state index in [2.05, 4.69) is 0 Å². The van der Waals surface area contributed by atoms with Crippen LogP contribution >= 0.6 is 0 Å². The van der Waals surface area contributed by atoms with Crippen LogP contribution in [0.25, 0.3) is 0 Å². The first-order valence-electron chi connectivity index (χ1n) is 5.98. The van der Waals surface area contributed by atoms with Crippen LogP contribution in [-0.4, -0.2) is 45.9 Å². The summed E-state index contributed by atoms with van der Waals surface area (Å²) in [6.45, 7) is 0.103. The Labute approximate surface area is 117 Å². The maximum absolute atomic E-state index is 11.6. The molecular formula is C12H16N2O5S. The van der Waals surface area contributed by atoms with E-state index < -0.39 is 16.1 Å². The quantitative estimate of drug-likeness (QED) is 0.822. The molecule has 1 fully saturated rings. The van der Waals surface area contributed by atoms with Gasteiger partial charge in [-0.3, -0.25) is 4.79 Å². The van der Waals surface area contributed by atoms with Gasteiger partial charge in [0.2, 0.25) is 5.91 Å². The average molecular weight is 300 g/mol. The van der Waals surface area contributed by atoms with Crippen molar-refractivity contribution >= 4 is 16.1 Å². The van der Waals surface area contributed by atoms with Gasteiger partial charge in [-0.2, -0.15) is 12.7 Å². The summed E-state index contributed by atoms with van der Waals surface area (Å²) in [4.78, 5) is 11.1. The van der Waals surface area contributed by atoms with Crippen molar-refractivity contribution in [3.63, 3.8) is 0 Å². The highest BCUT2D eigenvalue weighted by atomic mass is 32.2. The standard InChI is InChI=1S/C12H16N2O5S/c1-18-10-4-3-9(7-11(10)19-2)5-6-14-8-12(15)13-20(14,16)17/h3-4,7H,5-6,8H2,1-2H3,(H,13,15). The summed E-state index contributed by atoms with van der Waals surface area (Å²) in [7, 11) is -0.573. The van der Waals surface area contributed by atoms with Gasteiger partial charge in [-0.25, -0.2) is 4.72 Å². The summed E-state index contributed by atoms with van der Waals surface area (Å²) in [6.07, 6.45) is 0.481. The normalized spacial score (nSPS) is 17.8. The van der Waals surface area contributed by atoms with E-state index in [-0.39, 0.29) is 13.1 Å². The van der Waals surface area contributed by atoms with Crippen molar-refractivity contribution < 1.29 is 22.7 Å². The lowest BCUT2D eigenvalue weighted by Crippen LogP contribution is -2.31. The number of rotatable bonds is 5. The Kier molecular flexibility index (Phi) is 4.15. The average Bonchev–Trinajstić information content (AvgIpc) is 2.68. The van der Waals surface area contributed by atoms with Crippen LogP contribution in [-0.2, 0) is 21.4 Å². The number of nitrogens with zero attached hydrogens (tertiary/aromatic N) is 1. The second kappa shape index (κ2) is 5.68. The maximum Gasteiger partial charge on any atom is 0.304 e. The maximum atomic E-state index is 11.6. The molecule has 0 spiro atoms. The lowest BCUT2D eigenvalue weighted by molar-refractivity contribution is -0.118. The molecule has 0 unspecified atom stereocenters. The van der Waals surface area contributed by atoms with Crippen LogP contribution in [0.4, 0.5) is 0 Å². The van der Waals surface area contributed by atoms with E-state index in [9.17, 15) is 13.2 Å². The topological polar surface area (TPSA) is 84.9 Å². The molecule has 2 rings (SSSR count). The van der Waals surface area contributed by atoms with Crippen LogP contribution in [0.5, 0.6) is 11.5 Å². The number of benzene rings is 1. The number of carbonyl (C=O) groups is 1. The lowest BCUT2D eigenvalue weighted by Gasteiger charge is -2.13. The smallest absolute Gasteiger partial charge is 0.304 e. The van der Waals surface area contributed by atoms with Gasteiger partial charge in [0.1, 0.15) is 0 Å². The van der Waals surface area contributed by atoms with Crippen molar-refractivity contribution in [3.8, 4) is 11.5 Å². The van der Waals surface area contributed by atoms with E-state index in [0.717, 1.165) is 9.87 Å². The molecule has 1 amide bonds. The van der Waals surface area contributed by atoms with Crippen LogP contribution in [0, 0.1) is 0 Å². The molecule has 1 aromatic carbocycles. The van der Waals surface area contributed by atoms with Crippen molar-refractivity contribution in [2.75, 3.05) is 27.3 Å². The molecule has 0 bridgehead atoms. The number of nitrogens with one attached hydrogen (secondary N) is 1. The van der Waals surface area contributed by atoms with Crippen molar-refractivity contribution in [2.45, 2.75) is 6.42 Å². The Balaban J connectivity index is 2.06. The van der Waals surface area contributed by atoms with Gasteiger partial charge < -0.3 is 9.47 Å². The summed E-state index contributed by atoms with van der Waals surface area (Å²) < 4.78 is 36.5. The second-order valence-electron chi connectivity index (χ2n) is 4.30. The van der Waals surface area contributed by atoms with Gasteiger partial charge in [-0.1, -0.05) is 6.07 Å². The van der Waals surface area contributed by atoms with E-state index in [0.29, 0.717) is 17.9 Å². The zero-order valence-corrected chi connectivity index (χ0v) is 12.1. The molecule has 0 aliphatic carbocycles. The summed E-state index contributed by atoms with van der Waals surface area (Å²) in [6, 6.07) is 5.38. The Hall–Kier alpha value is -1.80. The third-order valence-corrected chi connectivity index (χ3v) is 4.48. The molecule has 0 aromatic heterocycles. The molecule has 7 nitrogen and oxygen atoms in total. The Bertz CT molecular complexity index is 614. The van der Waals surface area contributed by atoms with Crippen molar-refractivity contribution in [2.24, 2.45) is 0 Å². The predicted octanol–water partition coefficient (Wildman–Crippen LogP) is -0.0771. The number of carbonyl (C=O) groups excluding carboxylic acids is 1. The summed E-state index contributed by atoms with van der Waals surface area (Å²) in [5.74, 6) is 0.697. The fourth-order valence-electron chi connectivity index (χ4n) is 1.98.